The lowest BCUT2D eigenvalue weighted by molar-refractivity contribution is -0.146. The Kier molecular flexibility index (Phi) is 6.68. The lowest BCUT2D eigenvalue weighted by Gasteiger charge is -2.34. The van der Waals surface area contributed by atoms with Gasteiger partial charge >= 0.3 is 0 Å². The van der Waals surface area contributed by atoms with E-state index >= 15 is 0 Å². The minimum absolute atomic E-state index is 0.107. The summed E-state index contributed by atoms with van der Waals surface area (Å²) in [4.78, 5) is 64.5. The number of carbonyl (C=O) groups excluding carboxylic acids is 5. The van der Waals surface area contributed by atoms with Crippen molar-refractivity contribution in [2.45, 2.75) is 50.2 Å². The van der Waals surface area contributed by atoms with Crippen molar-refractivity contribution in [3.63, 3.8) is 0 Å². The monoisotopic (exact) mass is 408 g/mol. The van der Waals surface area contributed by atoms with Crippen molar-refractivity contribution < 1.29 is 24.0 Å². The zero-order chi connectivity index (χ0) is 21.0. The van der Waals surface area contributed by atoms with E-state index in [-0.39, 0.29) is 24.7 Å². The molecule has 3 rings (SSSR count). The number of nitrogens with one attached hydrogen (secondary N) is 3. The SMILES string of the molecule is NC(=O)CC(NC(=O)C1CCC(=O)N1)C(=O)N1CCCC1C(=O)N1CCNCC1. The number of rotatable bonds is 6. The Balaban J connectivity index is 1.68. The molecule has 0 bridgehead atoms. The smallest absolute Gasteiger partial charge is 0.246 e. The highest BCUT2D eigenvalue weighted by Crippen LogP contribution is 2.21. The van der Waals surface area contributed by atoms with Crippen molar-refractivity contribution >= 4 is 29.5 Å². The third-order valence-corrected chi connectivity index (χ3v) is 5.58. The molecule has 3 unspecified atom stereocenters. The molecule has 3 heterocycles. The van der Waals surface area contributed by atoms with Gasteiger partial charge in [0.25, 0.3) is 0 Å². The summed E-state index contributed by atoms with van der Waals surface area (Å²) in [5.74, 6) is -2.09. The van der Waals surface area contributed by atoms with Gasteiger partial charge in [0.15, 0.2) is 0 Å². The van der Waals surface area contributed by atoms with Gasteiger partial charge in [-0.15, -0.1) is 0 Å². The maximum absolute atomic E-state index is 13.1. The number of hydrogen-bond acceptors (Lipinski definition) is 6. The molecule has 3 fully saturated rings. The normalized spacial score (nSPS) is 25.4. The Bertz CT molecular complexity index is 692. The highest BCUT2D eigenvalue weighted by Gasteiger charge is 2.40. The summed E-state index contributed by atoms with van der Waals surface area (Å²) < 4.78 is 0. The summed E-state index contributed by atoms with van der Waals surface area (Å²) in [7, 11) is 0. The van der Waals surface area contributed by atoms with E-state index in [0.717, 1.165) is 0 Å². The fourth-order valence-electron chi connectivity index (χ4n) is 4.07. The maximum Gasteiger partial charge on any atom is 0.246 e. The summed E-state index contributed by atoms with van der Waals surface area (Å²) in [5.41, 5.74) is 5.28. The van der Waals surface area contributed by atoms with Crippen LogP contribution in [0, 0.1) is 0 Å². The third kappa shape index (κ3) is 5.03. The van der Waals surface area contributed by atoms with Crippen molar-refractivity contribution in [3.8, 4) is 0 Å². The average molecular weight is 408 g/mol. The lowest BCUT2D eigenvalue weighted by atomic mass is 10.1. The number of nitrogens with two attached hydrogens (primary N) is 1. The molecule has 0 spiro atoms. The lowest BCUT2D eigenvalue weighted by Crippen LogP contribution is -2.58. The van der Waals surface area contributed by atoms with Crippen LogP contribution in [0.2, 0.25) is 0 Å². The van der Waals surface area contributed by atoms with Gasteiger partial charge in [0, 0.05) is 39.1 Å². The van der Waals surface area contributed by atoms with E-state index in [1.54, 1.807) is 4.90 Å². The van der Waals surface area contributed by atoms with Crippen molar-refractivity contribution in [3.05, 3.63) is 0 Å². The summed E-state index contributed by atoms with van der Waals surface area (Å²) in [6.45, 7) is 2.97. The second-order valence-electron chi connectivity index (χ2n) is 7.66. The van der Waals surface area contributed by atoms with Crippen LogP contribution in [0.25, 0.3) is 0 Å². The molecule has 3 saturated heterocycles. The van der Waals surface area contributed by atoms with Crippen LogP contribution in [-0.4, -0.2) is 90.2 Å². The molecule has 11 heteroatoms. The number of amides is 5. The van der Waals surface area contributed by atoms with Crippen LogP contribution in [0.5, 0.6) is 0 Å². The first-order valence-electron chi connectivity index (χ1n) is 10.0. The molecule has 11 nitrogen and oxygen atoms in total. The number of piperazine rings is 1. The van der Waals surface area contributed by atoms with Crippen molar-refractivity contribution in [1.82, 2.24) is 25.8 Å². The van der Waals surface area contributed by atoms with Gasteiger partial charge in [-0.25, -0.2) is 0 Å². The van der Waals surface area contributed by atoms with Gasteiger partial charge in [-0.2, -0.15) is 0 Å². The molecule has 3 atom stereocenters. The second kappa shape index (κ2) is 9.21. The Morgan fingerprint density at radius 2 is 1.86 bits per heavy atom. The molecule has 160 valence electrons. The van der Waals surface area contributed by atoms with E-state index in [0.29, 0.717) is 52.0 Å². The summed E-state index contributed by atoms with van der Waals surface area (Å²) in [6, 6.07) is -2.49. The first-order valence-corrected chi connectivity index (χ1v) is 10.0. The van der Waals surface area contributed by atoms with Crippen LogP contribution in [0.15, 0.2) is 0 Å². The van der Waals surface area contributed by atoms with Gasteiger partial charge in [0.05, 0.1) is 6.42 Å². The van der Waals surface area contributed by atoms with Gasteiger partial charge in [-0.3, -0.25) is 24.0 Å². The Hall–Kier alpha value is -2.69. The topological polar surface area (TPSA) is 154 Å². The van der Waals surface area contributed by atoms with Crippen LogP contribution in [0.3, 0.4) is 0 Å². The molecule has 0 aromatic carbocycles. The van der Waals surface area contributed by atoms with Crippen molar-refractivity contribution in [2.24, 2.45) is 5.73 Å². The molecule has 5 amide bonds. The summed E-state index contributed by atoms with van der Waals surface area (Å²) in [6.07, 6.45) is 1.42. The van der Waals surface area contributed by atoms with Gasteiger partial charge in [0.1, 0.15) is 18.1 Å². The van der Waals surface area contributed by atoms with E-state index in [9.17, 15) is 24.0 Å². The number of hydrogen-bond donors (Lipinski definition) is 4. The number of likely N-dealkylation sites (tertiary alicyclic amines) is 1. The summed E-state index contributed by atoms with van der Waals surface area (Å²) in [5, 5.41) is 8.26. The average Bonchev–Trinajstić information content (AvgIpc) is 3.36. The van der Waals surface area contributed by atoms with Crippen LogP contribution < -0.4 is 21.7 Å². The highest BCUT2D eigenvalue weighted by molar-refractivity contribution is 5.97. The third-order valence-electron chi connectivity index (χ3n) is 5.58. The quantitative estimate of drug-likeness (QED) is 0.368. The molecule has 0 aliphatic carbocycles. The van der Waals surface area contributed by atoms with Gasteiger partial charge in [0.2, 0.25) is 29.5 Å². The molecule has 0 aromatic heterocycles. The van der Waals surface area contributed by atoms with Crippen LogP contribution in [0.4, 0.5) is 0 Å². The molecule has 0 radical (unpaired) electrons. The first kappa shape index (κ1) is 21.0. The van der Waals surface area contributed by atoms with Crippen LogP contribution in [-0.2, 0) is 24.0 Å². The number of carbonyl (C=O) groups is 5. The standard InChI is InChI=1S/C18H28N6O5/c19-14(25)10-12(22-16(27)11-3-4-15(26)21-11)17(28)24-7-1-2-13(24)18(29)23-8-5-20-6-9-23/h11-13,20H,1-10H2,(H2,19,25)(H,21,26)(H,22,27). The Labute approximate surface area is 168 Å². The molecule has 29 heavy (non-hydrogen) atoms. The predicted octanol–water partition coefficient (Wildman–Crippen LogP) is -2.95. The molecule has 0 aromatic rings. The van der Waals surface area contributed by atoms with Crippen molar-refractivity contribution in [2.75, 3.05) is 32.7 Å². The number of primary amides is 1. The maximum atomic E-state index is 13.1. The fraction of sp³-hybridized carbons (Fsp3) is 0.722. The molecule has 3 aliphatic heterocycles. The van der Waals surface area contributed by atoms with Crippen molar-refractivity contribution in [1.29, 1.82) is 0 Å². The number of nitrogens with zero attached hydrogens (tertiary/aromatic N) is 2. The van der Waals surface area contributed by atoms with E-state index in [4.69, 9.17) is 5.73 Å². The van der Waals surface area contributed by atoms with Gasteiger partial charge in [-0.05, 0) is 19.3 Å². The predicted molar refractivity (Wildman–Crippen MR) is 101 cm³/mol. The fourth-order valence-corrected chi connectivity index (χ4v) is 4.07. The minimum atomic E-state index is -1.16. The van der Waals surface area contributed by atoms with Gasteiger partial charge in [-0.1, -0.05) is 0 Å². The second-order valence-corrected chi connectivity index (χ2v) is 7.66. The minimum Gasteiger partial charge on any atom is -0.370 e. The molecular weight excluding hydrogens is 380 g/mol. The largest absolute Gasteiger partial charge is 0.370 e. The Morgan fingerprint density at radius 1 is 1.14 bits per heavy atom. The first-order chi connectivity index (χ1) is 13.9. The van der Waals surface area contributed by atoms with E-state index in [1.807, 2.05) is 0 Å². The zero-order valence-electron chi connectivity index (χ0n) is 16.3. The Morgan fingerprint density at radius 3 is 2.48 bits per heavy atom. The van der Waals surface area contributed by atoms with Crippen LogP contribution >= 0.6 is 0 Å². The zero-order valence-corrected chi connectivity index (χ0v) is 16.3. The summed E-state index contributed by atoms with van der Waals surface area (Å²) >= 11 is 0. The van der Waals surface area contributed by atoms with E-state index in [1.165, 1.54) is 4.90 Å². The van der Waals surface area contributed by atoms with E-state index in [2.05, 4.69) is 16.0 Å². The van der Waals surface area contributed by atoms with E-state index < -0.39 is 35.8 Å². The van der Waals surface area contributed by atoms with Gasteiger partial charge < -0.3 is 31.5 Å². The van der Waals surface area contributed by atoms with Crippen LogP contribution in [0.1, 0.15) is 32.1 Å². The highest BCUT2D eigenvalue weighted by atomic mass is 16.2. The molecule has 0 saturated carbocycles. The molecule has 3 aliphatic rings. The molecule has 5 N–H and O–H groups in total. The molecular formula is C18H28N6O5.